The van der Waals surface area contributed by atoms with Gasteiger partial charge >= 0.3 is 0 Å². The number of amides is 1. The Morgan fingerprint density at radius 1 is 1.31 bits per heavy atom. The van der Waals surface area contributed by atoms with E-state index in [0.29, 0.717) is 6.54 Å². The van der Waals surface area contributed by atoms with Gasteiger partial charge in [-0.05, 0) is 31.9 Å². The van der Waals surface area contributed by atoms with Crippen LogP contribution < -0.4 is 4.90 Å². The van der Waals surface area contributed by atoms with Crippen molar-refractivity contribution in [3.05, 3.63) is 47.8 Å². The van der Waals surface area contributed by atoms with E-state index in [4.69, 9.17) is 0 Å². The van der Waals surface area contributed by atoms with Crippen LogP contribution in [0.15, 0.2) is 36.5 Å². The van der Waals surface area contributed by atoms with E-state index in [1.807, 2.05) is 44.3 Å². The fourth-order valence-electron chi connectivity index (χ4n) is 3.32. The molecule has 0 bridgehead atoms. The molecule has 1 saturated carbocycles. The molecule has 1 atom stereocenters. The van der Waals surface area contributed by atoms with Gasteiger partial charge in [0.05, 0.1) is 5.56 Å². The van der Waals surface area contributed by atoms with Gasteiger partial charge < -0.3 is 9.80 Å². The molecule has 26 heavy (non-hydrogen) atoms. The Bertz CT molecular complexity index is 758. The maximum absolute atomic E-state index is 13.3. The van der Waals surface area contributed by atoms with E-state index in [1.54, 1.807) is 11.9 Å². The third-order valence-electron chi connectivity index (χ3n) is 4.68. The number of nitrogens with zero attached hydrogens (tertiary/aromatic N) is 4. The summed E-state index contributed by atoms with van der Waals surface area (Å²) in [6, 6.07) is 9.90. The first-order valence-corrected chi connectivity index (χ1v) is 8.79. The summed E-state index contributed by atoms with van der Waals surface area (Å²) >= 11 is 0. The second-order valence-corrected chi connectivity index (χ2v) is 6.91. The molecule has 1 heterocycles. The van der Waals surface area contributed by atoms with E-state index in [2.05, 4.69) is 10.00 Å². The van der Waals surface area contributed by atoms with Crippen LogP contribution in [0.4, 0.5) is 14.5 Å². The average Bonchev–Trinajstić information content (AvgIpc) is 3.35. The zero-order valence-corrected chi connectivity index (χ0v) is 15.3. The van der Waals surface area contributed by atoms with Crippen LogP contribution in [0.3, 0.4) is 0 Å². The maximum Gasteiger partial charge on any atom is 0.282 e. The topological polar surface area (TPSA) is 41.4 Å². The molecule has 1 aromatic carbocycles. The summed E-state index contributed by atoms with van der Waals surface area (Å²) in [5.41, 5.74) is 0.618. The normalized spacial score (nSPS) is 15.2. The number of hydrogen-bond donors (Lipinski definition) is 0. The standard InChI is InChI=1S/C19H24F2N4O/c1-13(11-23(2)14-7-5-4-6-8-14)25(15-9-10-15)19(26)16-12-24(3)22-17(16)18(20)21/h4-8,12-13,15,18H,9-11H2,1-3H3. The van der Waals surface area contributed by atoms with Crippen molar-refractivity contribution < 1.29 is 13.6 Å². The second-order valence-electron chi connectivity index (χ2n) is 6.91. The maximum atomic E-state index is 13.3. The van der Waals surface area contributed by atoms with Crippen LogP contribution in [0.1, 0.15) is 42.2 Å². The lowest BCUT2D eigenvalue weighted by Gasteiger charge is -2.33. The average molecular weight is 362 g/mol. The van der Waals surface area contributed by atoms with Crippen molar-refractivity contribution in [3.8, 4) is 0 Å². The molecule has 2 aromatic rings. The molecule has 0 spiro atoms. The predicted octanol–water partition coefficient (Wildman–Crippen LogP) is 3.49. The summed E-state index contributed by atoms with van der Waals surface area (Å²) in [4.78, 5) is 16.9. The number of benzene rings is 1. The number of anilines is 1. The molecule has 1 unspecified atom stereocenters. The molecule has 0 saturated heterocycles. The van der Waals surface area contributed by atoms with Gasteiger partial charge in [-0.3, -0.25) is 9.48 Å². The van der Waals surface area contributed by atoms with Crippen LogP contribution in [0.2, 0.25) is 0 Å². The Morgan fingerprint density at radius 2 is 1.96 bits per heavy atom. The lowest BCUT2D eigenvalue weighted by Crippen LogP contribution is -2.46. The molecule has 1 aliphatic rings. The number of aryl methyl sites for hydroxylation is 1. The van der Waals surface area contributed by atoms with Gasteiger partial charge in [-0.15, -0.1) is 0 Å². The summed E-state index contributed by atoms with van der Waals surface area (Å²) in [6.07, 6.45) is 0.455. The first kappa shape index (κ1) is 18.4. The van der Waals surface area contributed by atoms with Crippen LogP contribution >= 0.6 is 0 Å². The fourth-order valence-corrected chi connectivity index (χ4v) is 3.32. The van der Waals surface area contributed by atoms with E-state index >= 15 is 0 Å². The van der Waals surface area contributed by atoms with Crippen molar-refractivity contribution in [1.29, 1.82) is 0 Å². The first-order valence-electron chi connectivity index (χ1n) is 8.79. The monoisotopic (exact) mass is 362 g/mol. The highest BCUT2D eigenvalue weighted by molar-refractivity contribution is 5.96. The van der Waals surface area contributed by atoms with E-state index in [0.717, 1.165) is 18.5 Å². The zero-order valence-electron chi connectivity index (χ0n) is 15.3. The molecule has 140 valence electrons. The molecule has 0 radical (unpaired) electrons. The third-order valence-corrected chi connectivity index (χ3v) is 4.68. The molecule has 0 aliphatic heterocycles. The Hall–Kier alpha value is -2.44. The van der Waals surface area contributed by atoms with Crippen molar-refractivity contribution in [2.45, 2.75) is 38.3 Å². The summed E-state index contributed by atoms with van der Waals surface area (Å²) in [5, 5.41) is 3.77. The minimum atomic E-state index is -2.77. The molecule has 0 N–H and O–H groups in total. The van der Waals surface area contributed by atoms with Gasteiger partial charge in [0, 0.05) is 44.6 Å². The van der Waals surface area contributed by atoms with Crippen molar-refractivity contribution in [2.24, 2.45) is 7.05 Å². The van der Waals surface area contributed by atoms with E-state index in [-0.39, 0.29) is 23.6 Å². The number of alkyl halides is 2. The van der Waals surface area contributed by atoms with Crippen LogP contribution in [-0.2, 0) is 7.05 Å². The van der Waals surface area contributed by atoms with Gasteiger partial charge in [0.15, 0.2) is 0 Å². The Labute approximate surface area is 152 Å². The summed E-state index contributed by atoms with van der Waals surface area (Å²) < 4.78 is 27.8. The van der Waals surface area contributed by atoms with E-state index < -0.39 is 12.1 Å². The van der Waals surface area contributed by atoms with Crippen LogP contribution in [-0.4, -0.2) is 46.3 Å². The molecule has 3 rings (SSSR count). The molecular formula is C19H24F2N4O. The van der Waals surface area contributed by atoms with Gasteiger partial charge in [-0.2, -0.15) is 5.10 Å². The zero-order chi connectivity index (χ0) is 18.8. The molecule has 5 nitrogen and oxygen atoms in total. The number of carbonyl (C=O) groups excluding carboxylic acids is 1. The van der Waals surface area contributed by atoms with Gasteiger partial charge in [0.25, 0.3) is 12.3 Å². The highest BCUT2D eigenvalue weighted by Gasteiger charge is 2.38. The quantitative estimate of drug-likeness (QED) is 0.757. The highest BCUT2D eigenvalue weighted by atomic mass is 19.3. The van der Waals surface area contributed by atoms with Crippen LogP contribution in [0.5, 0.6) is 0 Å². The van der Waals surface area contributed by atoms with Crippen LogP contribution in [0, 0.1) is 0 Å². The molecule has 1 fully saturated rings. The lowest BCUT2D eigenvalue weighted by atomic mass is 10.1. The number of aromatic nitrogens is 2. The number of carbonyl (C=O) groups is 1. The second kappa shape index (κ2) is 7.43. The molecule has 1 aliphatic carbocycles. The molecular weight excluding hydrogens is 338 g/mol. The Kier molecular flexibility index (Phi) is 5.25. The summed E-state index contributed by atoms with van der Waals surface area (Å²) in [7, 11) is 3.52. The number of para-hydroxylation sites is 1. The number of likely N-dealkylation sites (N-methyl/N-ethyl adjacent to an activating group) is 1. The fraction of sp³-hybridized carbons (Fsp3) is 0.474. The van der Waals surface area contributed by atoms with Gasteiger partial charge in [0.1, 0.15) is 5.69 Å². The summed E-state index contributed by atoms with van der Waals surface area (Å²) in [5.74, 6) is -0.357. The molecule has 1 amide bonds. The SMILES string of the molecule is CC(CN(C)c1ccccc1)N(C(=O)c1cn(C)nc1C(F)F)C1CC1. The third kappa shape index (κ3) is 3.86. The lowest BCUT2D eigenvalue weighted by molar-refractivity contribution is 0.0669. The minimum Gasteiger partial charge on any atom is -0.373 e. The van der Waals surface area contributed by atoms with Crippen molar-refractivity contribution in [2.75, 3.05) is 18.5 Å². The molecule has 7 heteroatoms. The Morgan fingerprint density at radius 3 is 2.54 bits per heavy atom. The first-order chi connectivity index (χ1) is 12.4. The number of halogens is 2. The van der Waals surface area contributed by atoms with E-state index in [1.165, 1.54) is 10.9 Å². The van der Waals surface area contributed by atoms with Crippen molar-refractivity contribution >= 4 is 11.6 Å². The van der Waals surface area contributed by atoms with Gasteiger partial charge in [-0.1, -0.05) is 18.2 Å². The molecule has 1 aromatic heterocycles. The van der Waals surface area contributed by atoms with Crippen LogP contribution in [0.25, 0.3) is 0 Å². The van der Waals surface area contributed by atoms with E-state index in [9.17, 15) is 13.6 Å². The highest BCUT2D eigenvalue weighted by Crippen LogP contribution is 2.32. The summed E-state index contributed by atoms with van der Waals surface area (Å²) in [6.45, 7) is 2.59. The smallest absolute Gasteiger partial charge is 0.282 e. The largest absolute Gasteiger partial charge is 0.373 e. The van der Waals surface area contributed by atoms with Gasteiger partial charge in [0.2, 0.25) is 0 Å². The number of rotatable bonds is 7. The van der Waals surface area contributed by atoms with Gasteiger partial charge in [-0.25, -0.2) is 8.78 Å². The van der Waals surface area contributed by atoms with Crippen molar-refractivity contribution in [1.82, 2.24) is 14.7 Å². The predicted molar refractivity (Wildman–Crippen MR) is 96.5 cm³/mol. The van der Waals surface area contributed by atoms with Crippen molar-refractivity contribution in [3.63, 3.8) is 0 Å². The minimum absolute atomic E-state index is 0.00335. The number of hydrogen-bond acceptors (Lipinski definition) is 3. The Balaban J connectivity index is 1.80.